The minimum Gasteiger partial charge on any atom is -0.403 e. The van der Waals surface area contributed by atoms with Crippen molar-refractivity contribution < 1.29 is 0 Å². The monoisotopic (exact) mass is 184 g/mol. The molecule has 0 saturated carbocycles. The molecule has 0 fully saturated rings. The van der Waals surface area contributed by atoms with Gasteiger partial charge in [-0.1, -0.05) is 6.92 Å². The Morgan fingerprint density at radius 3 is 3.00 bits per heavy atom. The van der Waals surface area contributed by atoms with Gasteiger partial charge in [0.2, 0.25) is 0 Å². The molecular weight excluding hydrogens is 172 g/mol. The van der Waals surface area contributed by atoms with Gasteiger partial charge in [-0.3, -0.25) is 5.84 Å². The van der Waals surface area contributed by atoms with E-state index in [0.717, 1.165) is 16.3 Å². The number of aromatic nitrogens is 1. The largest absolute Gasteiger partial charge is 0.403 e. The van der Waals surface area contributed by atoms with Crippen molar-refractivity contribution >= 4 is 17.0 Å². The number of nitrogens with zero attached hydrogens (tertiary/aromatic N) is 1. The van der Waals surface area contributed by atoms with Gasteiger partial charge in [0, 0.05) is 12.4 Å². The molecule has 0 spiro atoms. The highest BCUT2D eigenvalue weighted by Crippen LogP contribution is 2.18. The lowest BCUT2D eigenvalue weighted by atomic mass is 10.4. The van der Waals surface area contributed by atoms with Crippen LogP contribution in [0.15, 0.2) is 12.4 Å². The van der Waals surface area contributed by atoms with E-state index in [1.54, 1.807) is 17.5 Å². The van der Waals surface area contributed by atoms with E-state index in [0.29, 0.717) is 5.70 Å². The number of hydrogen-bond donors (Lipinski definition) is 3. The molecule has 0 aliphatic heterocycles. The molecule has 0 saturated heterocycles. The summed E-state index contributed by atoms with van der Waals surface area (Å²) in [5, 5.41) is 1.08. The van der Waals surface area contributed by atoms with Crippen LogP contribution in [0.2, 0.25) is 0 Å². The molecule has 0 atom stereocenters. The van der Waals surface area contributed by atoms with Gasteiger partial charge in [-0.25, -0.2) is 4.98 Å². The number of nitrogens with one attached hydrogen (secondary N) is 1. The quantitative estimate of drug-likeness (QED) is 0.470. The lowest BCUT2D eigenvalue weighted by Crippen LogP contribution is -2.20. The SMILES string of the molecule is CCc1ncc(/C(=C/N)NN)s1. The van der Waals surface area contributed by atoms with E-state index in [9.17, 15) is 0 Å². The van der Waals surface area contributed by atoms with Crippen LogP contribution in [0.3, 0.4) is 0 Å². The van der Waals surface area contributed by atoms with E-state index >= 15 is 0 Å². The third kappa shape index (κ3) is 1.75. The van der Waals surface area contributed by atoms with E-state index in [1.165, 1.54) is 6.20 Å². The third-order valence-corrected chi connectivity index (χ3v) is 2.62. The van der Waals surface area contributed by atoms with E-state index in [4.69, 9.17) is 11.6 Å². The van der Waals surface area contributed by atoms with E-state index in [1.807, 2.05) is 0 Å². The van der Waals surface area contributed by atoms with Crippen LogP contribution in [0.4, 0.5) is 0 Å². The molecule has 1 aromatic rings. The lowest BCUT2D eigenvalue weighted by Gasteiger charge is -1.99. The van der Waals surface area contributed by atoms with Crippen molar-refractivity contribution in [3.8, 4) is 0 Å². The number of aryl methyl sites for hydroxylation is 1. The maximum absolute atomic E-state index is 5.34. The molecule has 1 aromatic heterocycles. The minimum atomic E-state index is 0.715. The van der Waals surface area contributed by atoms with Gasteiger partial charge < -0.3 is 11.2 Å². The average molecular weight is 184 g/mol. The topological polar surface area (TPSA) is 77.0 Å². The molecule has 5 N–H and O–H groups in total. The first-order chi connectivity index (χ1) is 5.81. The molecule has 0 unspecified atom stereocenters. The van der Waals surface area contributed by atoms with Gasteiger partial charge in [-0.15, -0.1) is 11.3 Å². The molecule has 0 radical (unpaired) electrons. The molecule has 0 bridgehead atoms. The zero-order valence-electron chi connectivity index (χ0n) is 6.87. The van der Waals surface area contributed by atoms with Crippen LogP contribution in [0, 0.1) is 0 Å². The van der Waals surface area contributed by atoms with Crippen molar-refractivity contribution in [3.05, 3.63) is 22.3 Å². The van der Waals surface area contributed by atoms with Gasteiger partial charge in [-0.05, 0) is 6.42 Å². The van der Waals surface area contributed by atoms with Crippen molar-refractivity contribution in [2.45, 2.75) is 13.3 Å². The Kier molecular flexibility index (Phi) is 3.07. The Morgan fingerprint density at radius 2 is 2.58 bits per heavy atom. The molecule has 1 heterocycles. The minimum absolute atomic E-state index is 0.715. The number of rotatable bonds is 3. The fourth-order valence-corrected chi connectivity index (χ4v) is 1.65. The first kappa shape index (κ1) is 9.02. The lowest BCUT2D eigenvalue weighted by molar-refractivity contribution is 0.991. The molecule has 0 amide bonds. The molecule has 5 heteroatoms. The van der Waals surface area contributed by atoms with Crippen LogP contribution in [0.25, 0.3) is 5.70 Å². The second-order valence-corrected chi connectivity index (χ2v) is 3.31. The predicted molar refractivity (Wildman–Crippen MR) is 51.0 cm³/mol. The number of hydrazine groups is 1. The highest BCUT2D eigenvalue weighted by molar-refractivity contribution is 7.12. The molecular formula is C7H12N4S. The van der Waals surface area contributed by atoms with Crippen molar-refractivity contribution in [2.75, 3.05) is 0 Å². The summed E-state index contributed by atoms with van der Waals surface area (Å²) >= 11 is 1.59. The zero-order chi connectivity index (χ0) is 8.97. The van der Waals surface area contributed by atoms with Crippen LogP contribution in [0.1, 0.15) is 16.8 Å². The number of hydrogen-bond acceptors (Lipinski definition) is 5. The van der Waals surface area contributed by atoms with Crippen LogP contribution in [-0.2, 0) is 6.42 Å². The summed E-state index contributed by atoms with van der Waals surface area (Å²) in [5.41, 5.74) is 8.57. The number of nitrogens with two attached hydrogens (primary N) is 2. The Morgan fingerprint density at radius 1 is 1.83 bits per heavy atom. The Balaban J connectivity index is 2.87. The first-order valence-electron chi connectivity index (χ1n) is 3.65. The normalized spacial score (nSPS) is 11.7. The standard InChI is InChI=1S/C7H12N4S/c1-2-7-10-4-6(12-7)5(3-8)11-9/h3-4,11H,2,8-9H2,1H3/b5-3-. The third-order valence-electron chi connectivity index (χ3n) is 1.44. The fraction of sp³-hybridized carbons (Fsp3) is 0.286. The van der Waals surface area contributed by atoms with Crippen molar-refractivity contribution in [1.82, 2.24) is 10.4 Å². The summed E-state index contributed by atoms with van der Waals surface area (Å²) in [6.07, 6.45) is 4.14. The van der Waals surface area contributed by atoms with E-state index in [2.05, 4.69) is 17.3 Å². The Hall–Kier alpha value is -1.07. The maximum Gasteiger partial charge on any atom is 0.0929 e. The Bertz CT molecular complexity index is 279. The second kappa shape index (κ2) is 4.08. The molecule has 1 rings (SSSR count). The van der Waals surface area contributed by atoms with Gasteiger partial charge >= 0.3 is 0 Å². The summed E-state index contributed by atoms with van der Waals surface area (Å²) < 4.78 is 0. The van der Waals surface area contributed by atoms with Crippen LogP contribution < -0.4 is 17.0 Å². The summed E-state index contributed by atoms with van der Waals surface area (Å²) in [5.74, 6) is 5.25. The molecule has 4 nitrogen and oxygen atoms in total. The highest BCUT2D eigenvalue weighted by atomic mass is 32.1. The van der Waals surface area contributed by atoms with Gasteiger partial charge in [-0.2, -0.15) is 0 Å². The van der Waals surface area contributed by atoms with Crippen molar-refractivity contribution in [3.63, 3.8) is 0 Å². The second-order valence-electron chi connectivity index (χ2n) is 2.20. The smallest absolute Gasteiger partial charge is 0.0929 e. The van der Waals surface area contributed by atoms with E-state index < -0.39 is 0 Å². The molecule has 12 heavy (non-hydrogen) atoms. The van der Waals surface area contributed by atoms with Gasteiger partial charge in [0.1, 0.15) is 0 Å². The molecule has 0 aromatic carbocycles. The molecule has 0 aliphatic rings. The fourth-order valence-electron chi connectivity index (χ4n) is 0.800. The maximum atomic E-state index is 5.34. The number of thiazole rings is 1. The highest BCUT2D eigenvalue weighted by Gasteiger charge is 2.03. The summed E-state index contributed by atoms with van der Waals surface area (Å²) in [6.45, 7) is 2.06. The van der Waals surface area contributed by atoms with Gasteiger partial charge in [0.15, 0.2) is 0 Å². The van der Waals surface area contributed by atoms with Gasteiger partial charge in [0.05, 0.1) is 15.6 Å². The van der Waals surface area contributed by atoms with Crippen LogP contribution in [0.5, 0.6) is 0 Å². The van der Waals surface area contributed by atoms with Gasteiger partial charge in [0.25, 0.3) is 0 Å². The zero-order valence-corrected chi connectivity index (χ0v) is 7.69. The summed E-state index contributed by atoms with van der Waals surface area (Å²) in [7, 11) is 0. The summed E-state index contributed by atoms with van der Waals surface area (Å²) in [6, 6.07) is 0. The average Bonchev–Trinajstić information content (AvgIpc) is 2.55. The Labute approximate surface area is 75.3 Å². The van der Waals surface area contributed by atoms with Crippen molar-refractivity contribution in [1.29, 1.82) is 0 Å². The van der Waals surface area contributed by atoms with Crippen LogP contribution >= 0.6 is 11.3 Å². The van der Waals surface area contributed by atoms with E-state index in [-0.39, 0.29) is 0 Å². The molecule has 0 aliphatic carbocycles. The van der Waals surface area contributed by atoms with Crippen LogP contribution in [-0.4, -0.2) is 4.98 Å². The first-order valence-corrected chi connectivity index (χ1v) is 4.47. The molecule has 66 valence electrons. The summed E-state index contributed by atoms with van der Waals surface area (Å²) in [4.78, 5) is 5.15. The predicted octanol–water partition coefficient (Wildman–Crippen LogP) is 0.426. The van der Waals surface area contributed by atoms with Crippen molar-refractivity contribution in [2.24, 2.45) is 11.6 Å².